The zero-order valence-electron chi connectivity index (χ0n) is 13.4. The molecule has 23 heavy (non-hydrogen) atoms. The summed E-state index contributed by atoms with van der Waals surface area (Å²) in [5.41, 5.74) is 5.13. The second-order valence-corrected chi connectivity index (χ2v) is 6.19. The van der Waals surface area contributed by atoms with Gasteiger partial charge in [-0.15, -0.1) is 0 Å². The largest absolute Gasteiger partial charge is 0.496 e. The normalized spacial score (nSPS) is 20.2. The monoisotopic (exact) mass is 305 g/mol. The van der Waals surface area contributed by atoms with Gasteiger partial charge in [0.1, 0.15) is 5.75 Å². The number of methoxy groups -OCH3 is 1. The van der Waals surface area contributed by atoms with E-state index in [9.17, 15) is 4.79 Å². The fourth-order valence-electron chi connectivity index (χ4n) is 3.65. The van der Waals surface area contributed by atoms with Crippen LogP contribution >= 0.6 is 0 Å². The molecule has 1 atom stereocenters. The molecule has 0 fully saturated rings. The molecule has 0 bridgehead atoms. The molecule has 0 saturated carbocycles. The summed E-state index contributed by atoms with van der Waals surface area (Å²) in [6, 6.07) is 12.2. The third-order valence-electron chi connectivity index (χ3n) is 4.78. The Morgan fingerprint density at radius 1 is 1.17 bits per heavy atom. The molecule has 2 aliphatic rings. The second-order valence-electron chi connectivity index (χ2n) is 6.19. The molecule has 116 valence electrons. The number of nitrogens with zero attached hydrogens (tertiary/aromatic N) is 1. The van der Waals surface area contributed by atoms with E-state index in [0.717, 1.165) is 41.0 Å². The molecular formula is C20H19NO2. The predicted octanol–water partition coefficient (Wildman–Crippen LogP) is 3.69. The van der Waals surface area contributed by atoms with E-state index in [1.165, 1.54) is 5.56 Å². The highest BCUT2D eigenvalue weighted by Gasteiger charge is 2.34. The summed E-state index contributed by atoms with van der Waals surface area (Å²) in [5.74, 6) is 0.836. The van der Waals surface area contributed by atoms with E-state index in [0.29, 0.717) is 0 Å². The summed E-state index contributed by atoms with van der Waals surface area (Å²) >= 11 is 0. The molecule has 0 unspecified atom stereocenters. The Labute approximate surface area is 136 Å². The number of rotatable bonds is 1. The van der Waals surface area contributed by atoms with Crippen LogP contribution in [0, 0.1) is 6.92 Å². The first-order valence-corrected chi connectivity index (χ1v) is 7.94. The summed E-state index contributed by atoms with van der Waals surface area (Å²) in [6.07, 6.45) is 6.02. The number of ether oxygens (including phenoxy) is 1. The van der Waals surface area contributed by atoms with Crippen molar-refractivity contribution >= 4 is 11.6 Å². The van der Waals surface area contributed by atoms with Gasteiger partial charge in [0.05, 0.1) is 13.2 Å². The van der Waals surface area contributed by atoms with Crippen LogP contribution in [0.4, 0.5) is 5.69 Å². The van der Waals surface area contributed by atoms with E-state index in [1.807, 2.05) is 36.1 Å². The van der Waals surface area contributed by atoms with E-state index >= 15 is 0 Å². The first-order valence-electron chi connectivity index (χ1n) is 7.94. The van der Waals surface area contributed by atoms with Gasteiger partial charge in [-0.25, -0.2) is 0 Å². The molecule has 2 aliphatic heterocycles. The number of hydrogen-bond acceptors (Lipinski definition) is 2. The molecule has 0 aliphatic carbocycles. The Bertz CT molecular complexity index is 822. The van der Waals surface area contributed by atoms with Crippen molar-refractivity contribution in [3.05, 3.63) is 70.8 Å². The van der Waals surface area contributed by atoms with Crippen molar-refractivity contribution in [1.29, 1.82) is 0 Å². The zero-order valence-corrected chi connectivity index (χ0v) is 13.4. The van der Waals surface area contributed by atoms with Gasteiger partial charge in [-0.3, -0.25) is 4.79 Å². The predicted molar refractivity (Wildman–Crippen MR) is 91.3 cm³/mol. The number of amides is 1. The third-order valence-corrected chi connectivity index (χ3v) is 4.78. The third kappa shape index (κ3) is 2.15. The van der Waals surface area contributed by atoms with E-state index in [-0.39, 0.29) is 11.9 Å². The number of para-hydroxylation sites is 1. The van der Waals surface area contributed by atoms with Gasteiger partial charge in [-0.2, -0.15) is 0 Å². The standard InChI is InChI=1S/C20H19NO2/c1-13-10-14-7-5-8-16-11-15-6-3-4-9-18(15)21(16)20(22)17(14)12-19(13)23-2/h3-6,8-10,12,16H,7,11H2,1-2H3/b8-5+/t16-/m1/s1. The number of allylic oxidation sites excluding steroid dienone is 1. The van der Waals surface area contributed by atoms with Crippen molar-refractivity contribution in [3.8, 4) is 5.75 Å². The molecule has 2 heterocycles. The lowest BCUT2D eigenvalue weighted by molar-refractivity contribution is 0.0982. The summed E-state index contributed by atoms with van der Waals surface area (Å²) < 4.78 is 5.42. The minimum Gasteiger partial charge on any atom is -0.496 e. The van der Waals surface area contributed by atoms with Crippen molar-refractivity contribution in [2.75, 3.05) is 12.0 Å². The Kier molecular flexibility index (Phi) is 3.22. The first kappa shape index (κ1) is 14.1. The van der Waals surface area contributed by atoms with Crippen molar-refractivity contribution in [3.63, 3.8) is 0 Å². The molecule has 0 aromatic heterocycles. The average molecular weight is 305 g/mol. The lowest BCUT2D eigenvalue weighted by atomic mass is 9.97. The highest BCUT2D eigenvalue weighted by molar-refractivity contribution is 6.09. The van der Waals surface area contributed by atoms with Crippen LogP contribution in [-0.4, -0.2) is 19.1 Å². The molecule has 0 radical (unpaired) electrons. The van der Waals surface area contributed by atoms with Gasteiger partial charge in [-0.05, 0) is 48.6 Å². The van der Waals surface area contributed by atoms with E-state index in [2.05, 4.69) is 24.3 Å². The number of benzene rings is 2. The number of fused-ring (bicyclic) bond motifs is 4. The van der Waals surface area contributed by atoms with Gasteiger partial charge in [0.25, 0.3) is 5.91 Å². The number of hydrogen-bond donors (Lipinski definition) is 0. The molecule has 1 amide bonds. The maximum Gasteiger partial charge on any atom is 0.259 e. The van der Waals surface area contributed by atoms with Crippen molar-refractivity contribution in [1.82, 2.24) is 0 Å². The molecule has 0 N–H and O–H groups in total. The van der Waals surface area contributed by atoms with Gasteiger partial charge in [-0.1, -0.05) is 36.4 Å². The van der Waals surface area contributed by atoms with Gasteiger partial charge in [0.2, 0.25) is 0 Å². The number of aryl methyl sites for hydroxylation is 1. The topological polar surface area (TPSA) is 29.5 Å². The highest BCUT2D eigenvalue weighted by Crippen LogP contribution is 2.36. The van der Waals surface area contributed by atoms with Crippen molar-refractivity contribution < 1.29 is 9.53 Å². The molecule has 0 saturated heterocycles. The van der Waals surface area contributed by atoms with E-state index < -0.39 is 0 Å². The van der Waals surface area contributed by atoms with Crippen LogP contribution in [0.5, 0.6) is 5.75 Å². The minimum absolute atomic E-state index is 0.0672. The van der Waals surface area contributed by atoms with Crippen molar-refractivity contribution in [2.45, 2.75) is 25.8 Å². The lowest BCUT2D eigenvalue weighted by Gasteiger charge is -2.26. The molecule has 0 spiro atoms. The molecule has 2 aromatic carbocycles. The molecule has 4 rings (SSSR count). The van der Waals surface area contributed by atoms with Crippen LogP contribution < -0.4 is 9.64 Å². The Morgan fingerprint density at radius 2 is 2.00 bits per heavy atom. The number of anilines is 1. The lowest BCUT2D eigenvalue weighted by Crippen LogP contribution is -2.37. The Morgan fingerprint density at radius 3 is 2.83 bits per heavy atom. The van der Waals surface area contributed by atoms with E-state index in [4.69, 9.17) is 4.74 Å². The van der Waals surface area contributed by atoms with Crippen LogP contribution in [0.3, 0.4) is 0 Å². The minimum atomic E-state index is 0.0672. The summed E-state index contributed by atoms with van der Waals surface area (Å²) in [5, 5.41) is 0. The molecule has 3 nitrogen and oxygen atoms in total. The van der Waals surface area contributed by atoms with Gasteiger partial charge in [0, 0.05) is 11.3 Å². The Balaban J connectivity index is 1.88. The number of carbonyl (C=O) groups excluding carboxylic acids is 1. The van der Waals surface area contributed by atoms with E-state index in [1.54, 1.807) is 7.11 Å². The highest BCUT2D eigenvalue weighted by atomic mass is 16.5. The molecular weight excluding hydrogens is 286 g/mol. The maximum absolute atomic E-state index is 13.2. The first-order chi connectivity index (χ1) is 11.2. The summed E-state index contributed by atoms with van der Waals surface area (Å²) in [4.78, 5) is 15.2. The Hall–Kier alpha value is -2.55. The van der Waals surface area contributed by atoms with Crippen LogP contribution in [-0.2, 0) is 12.8 Å². The van der Waals surface area contributed by atoms with Gasteiger partial charge in [0.15, 0.2) is 0 Å². The van der Waals surface area contributed by atoms with Crippen LogP contribution in [0.15, 0.2) is 48.6 Å². The summed E-state index contributed by atoms with van der Waals surface area (Å²) in [7, 11) is 1.65. The van der Waals surface area contributed by atoms with Crippen LogP contribution in [0.1, 0.15) is 27.0 Å². The number of carbonyl (C=O) groups is 1. The van der Waals surface area contributed by atoms with Crippen molar-refractivity contribution in [2.24, 2.45) is 0 Å². The molecule has 3 heteroatoms. The SMILES string of the molecule is COc1cc2c(cc1C)C/C=C/[C@@H]1Cc3ccccc3N1C2=O. The van der Waals surface area contributed by atoms with Gasteiger partial charge >= 0.3 is 0 Å². The smallest absolute Gasteiger partial charge is 0.259 e. The second kappa shape index (κ2) is 5.27. The van der Waals surface area contributed by atoms with Crippen LogP contribution in [0.25, 0.3) is 0 Å². The zero-order chi connectivity index (χ0) is 16.0. The fourth-order valence-corrected chi connectivity index (χ4v) is 3.65. The van der Waals surface area contributed by atoms with Gasteiger partial charge < -0.3 is 9.64 Å². The molecule has 2 aromatic rings. The summed E-state index contributed by atoms with van der Waals surface area (Å²) in [6.45, 7) is 2.01. The van der Waals surface area contributed by atoms with Crippen LogP contribution in [0.2, 0.25) is 0 Å². The fraction of sp³-hybridized carbons (Fsp3) is 0.250. The maximum atomic E-state index is 13.2. The average Bonchev–Trinajstić information content (AvgIpc) is 2.91. The quantitative estimate of drug-likeness (QED) is 0.752.